The third-order valence-corrected chi connectivity index (χ3v) is 5.79. The second kappa shape index (κ2) is 11.8. The topological polar surface area (TPSA) is 67.9 Å². The molecule has 6 nitrogen and oxygen atoms in total. The van der Waals surface area contributed by atoms with Crippen molar-refractivity contribution in [2.75, 3.05) is 20.0 Å². The Bertz CT molecular complexity index is 894. The summed E-state index contributed by atoms with van der Waals surface area (Å²) in [6, 6.07) is 14.8. The molecule has 1 N–H and O–H groups in total. The van der Waals surface area contributed by atoms with Crippen LogP contribution in [-0.2, 0) is 21.9 Å². The maximum Gasteiger partial charge on any atom is 0.242 e. The molecule has 2 aromatic rings. The van der Waals surface area contributed by atoms with Gasteiger partial charge in [-0.15, -0.1) is 11.8 Å². The molecule has 0 aliphatic heterocycles. The van der Waals surface area contributed by atoms with Gasteiger partial charge >= 0.3 is 0 Å². The summed E-state index contributed by atoms with van der Waals surface area (Å²) >= 11 is 1.53. The van der Waals surface area contributed by atoms with E-state index in [1.54, 1.807) is 26.0 Å². The van der Waals surface area contributed by atoms with Crippen LogP contribution in [0.5, 0.6) is 11.5 Å². The van der Waals surface area contributed by atoms with E-state index in [9.17, 15) is 9.59 Å². The molecule has 0 aliphatic rings. The Morgan fingerprint density at radius 3 is 2.25 bits per heavy atom. The van der Waals surface area contributed by atoms with Gasteiger partial charge in [-0.2, -0.15) is 0 Å². The van der Waals surface area contributed by atoms with Crippen molar-refractivity contribution in [2.45, 2.75) is 51.6 Å². The van der Waals surface area contributed by atoms with Gasteiger partial charge in [-0.05, 0) is 63.1 Å². The van der Waals surface area contributed by atoms with Crippen molar-refractivity contribution < 1.29 is 19.1 Å². The zero-order valence-corrected chi connectivity index (χ0v) is 20.6. The van der Waals surface area contributed by atoms with Crippen molar-refractivity contribution in [1.82, 2.24) is 10.2 Å². The number of carbonyl (C=O) groups is 2. The quantitative estimate of drug-likeness (QED) is 0.576. The molecule has 1 atom stereocenters. The van der Waals surface area contributed by atoms with Gasteiger partial charge in [0.1, 0.15) is 17.5 Å². The summed E-state index contributed by atoms with van der Waals surface area (Å²) in [6.45, 7) is 7.88. The summed E-state index contributed by atoms with van der Waals surface area (Å²) in [6.07, 6.45) is 0. The molecule has 0 unspecified atom stereocenters. The predicted molar refractivity (Wildman–Crippen MR) is 130 cm³/mol. The lowest BCUT2D eigenvalue weighted by molar-refractivity contribution is -0.139. The van der Waals surface area contributed by atoms with Crippen LogP contribution in [0.3, 0.4) is 0 Å². The first-order valence-electron chi connectivity index (χ1n) is 10.6. The summed E-state index contributed by atoms with van der Waals surface area (Å²) in [7, 11) is 3.24. The van der Waals surface area contributed by atoms with E-state index in [0.29, 0.717) is 12.3 Å². The van der Waals surface area contributed by atoms with Crippen LogP contribution in [0, 0.1) is 0 Å². The molecular weight excluding hydrogens is 424 g/mol. The minimum Gasteiger partial charge on any atom is -0.497 e. The number of amides is 2. The molecule has 0 aromatic heterocycles. The Morgan fingerprint density at radius 1 is 1.00 bits per heavy atom. The van der Waals surface area contributed by atoms with E-state index in [1.807, 2.05) is 69.3 Å². The van der Waals surface area contributed by atoms with Crippen molar-refractivity contribution in [3.05, 3.63) is 59.7 Å². The number of benzene rings is 2. The molecule has 0 saturated carbocycles. The maximum atomic E-state index is 13.2. The molecule has 0 bridgehead atoms. The van der Waals surface area contributed by atoms with Crippen molar-refractivity contribution >= 4 is 23.6 Å². The van der Waals surface area contributed by atoms with Crippen LogP contribution in [-0.4, -0.2) is 48.3 Å². The van der Waals surface area contributed by atoms with Gasteiger partial charge in [0.15, 0.2) is 0 Å². The third-order valence-electron chi connectivity index (χ3n) is 4.81. The lowest BCUT2D eigenvalue weighted by Crippen LogP contribution is -2.52. The van der Waals surface area contributed by atoms with Crippen LogP contribution >= 0.6 is 11.8 Å². The van der Waals surface area contributed by atoms with Gasteiger partial charge in [0, 0.05) is 17.8 Å². The first-order valence-corrected chi connectivity index (χ1v) is 11.7. The smallest absolute Gasteiger partial charge is 0.242 e. The Balaban J connectivity index is 2.10. The largest absolute Gasteiger partial charge is 0.497 e. The first kappa shape index (κ1) is 25.6. The lowest BCUT2D eigenvalue weighted by Gasteiger charge is -2.31. The second-order valence-corrected chi connectivity index (χ2v) is 9.61. The van der Waals surface area contributed by atoms with Crippen LogP contribution < -0.4 is 14.8 Å². The van der Waals surface area contributed by atoms with Gasteiger partial charge in [0.05, 0.1) is 20.0 Å². The molecule has 7 heteroatoms. The number of thioether (sulfide) groups is 1. The fourth-order valence-electron chi connectivity index (χ4n) is 3.09. The van der Waals surface area contributed by atoms with E-state index in [2.05, 4.69) is 5.32 Å². The Kier molecular flexibility index (Phi) is 9.44. The number of hydrogen-bond acceptors (Lipinski definition) is 5. The molecule has 0 heterocycles. The summed E-state index contributed by atoms with van der Waals surface area (Å²) in [5.74, 6) is 2.25. The van der Waals surface area contributed by atoms with Crippen molar-refractivity contribution in [2.24, 2.45) is 0 Å². The Morgan fingerprint density at radius 2 is 1.66 bits per heavy atom. The summed E-state index contributed by atoms with van der Waals surface area (Å²) in [5, 5.41) is 2.98. The molecule has 0 saturated heterocycles. The van der Waals surface area contributed by atoms with Gasteiger partial charge in [-0.25, -0.2) is 0 Å². The number of methoxy groups -OCH3 is 2. The number of carbonyl (C=O) groups excluding carboxylic acids is 2. The average molecular weight is 459 g/mol. The minimum atomic E-state index is -0.602. The SMILES string of the molecule is COc1ccc(CSCC(=O)N(Cc2cccc(OC)c2)[C@@H](C)C(=O)NC(C)(C)C)cc1. The number of hydrogen-bond donors (Lipinski definition) is 1. The molecule has 32 heavy (non-hydrogen) atoms. The number of nitrogens with zero attached hydrogens (tertiary/aromatic N) is 1. The summed E-state index contributed by atoms with van der Waals surface area (Å²) in [4.78, 5) is 27.6. The average Bonchev–Trinajstić information content (AvgIpc) is 2.76. The van der Waals surface area contributed by atoms with E-state index in [0.717, 1.165) is 22.6 Å². The molecule has 0 spiro atoms. The molecular formula is C25H34N2O4S. The van der Waals surface area contributed by atoms with Crippen LogP contribution in [0.1, 0.15) is 38.8 Å². The van der Waals surface area contributed by atoms with E-state index >= 15 is 0 Å². The molecule has 2 amide bonds. The van der Waals surface area contributed by atoms with Gasteiger partial charge in [0.2, 0.25) is 11.8 Å². The van der Waals surface area contributed by atoms with Gasteiger partial charge in [-0.3, -0.25) is 9.59 Å². The Hall–Kier alpha value is -2.67. The highest BCUT2D eigenvalue weighted by Crippen LogP contribution is 2.20. The van der Waals surface area contributed by atoms with Crippen LogP contribution in [0.15, 0.2) is 48.5 Å². The predicted octanol–water partition coefficient (Wildman–Crippen LogP) is 4.27. The maximum absolute atomic E-state index is 13.2. The molecule has 0 aliphatic carbocycles. The van der Waals surface area contributed by atoms with Crippen molar-refractivity contribution in [3.8, 4) is 11.5 Å². The number of ether oxygens (including phenoxy) is 2. The second-order valence-electron chi connectivity index (χ2n) is 8.63. The van der Waals surface area contributed by atoms with Crippen LogP contribution in [0.4, 0.5) is 0 Å². The fraction of sp³-hybridized carbons (Fsp3) is 0.440. The molecule has 0 fully saturated rings. The highest BCUT2D eigenvalue weighted by atomic mass is 32.2. The standard InChI is InChI=1S/C25H34N2O4S/c1-18(24(29)26-25(2,3)4)27(15-20-8-7-9-22(14-20)31-6)23(28)17-32-16-19-10-12-21(30-5)13-11-19/h7-14,18H,15-17H2,1-6H3,(H,26,29)/t18-/m0/s1. The summed E-state index contributed by atoms with van der Waals surface area (Å²) < 4.78 is 10.5. The third kappa shape index (κ3) is 8.11. The molecule has 2 rings (SSSR count). The first-order chi connectivity index (χ1) is 15.1. The number of rotatable bonds is 10. The molecule has 0 radical (unpaired) electrons. The molecule has 174 valence electrons. The zero-order chi connectivity index (χ0) is 23.7. The van der Waals surface area contributed by atoms with Crippen molar-refractivity contribution in [1.29, 1.82) is 0 Å². The molecule has 2 aromatic carbocycles. The van der Waals surface area contributed by atoms with E-state index < -0.39 is 6.04 Å². The fourth-order valence-corrected chi connectivity index (χ4v) is 3.96. The monoisotopic (exact) mass is 458 g/mol. The normalized spacial score (nSPS) is 12.1. The zero-order valence-electron chi connectivity index (χ0n) is 19.8. The lowest BCUT2D eigenvalue weighted by atomic mass is 10.1. The van der Waals surface area contributed by atoms with E-state index in [4.69, 9.17) is 9.47 Å². The highest BCUT2D eigenvalue weighted by molar-refractivity contribution is 7.99. The Labute approximate surface area is 195 Å². The van der Waals surface area contributed by atoms with Crippen LogP contribution in [0.25, 0.3) is 0 Å². The van der Waals surface area contributed by atoms with Crippen molar-refractivity contribution in [3.63, 3.8) is 0 Å². The van der Waals surface area contributed by atoms with E-state index in [1.165, 1.54) is 11.8 Å². The van der Waals surface area contributed by atoms with Gasteiger partial charge in [-0.1, -0.05) is 24.3 Å². The minimum absolute atomic E-state index is 0.0807. The summed E-state index contributed by atoms with van der Waals surface area (Å²) in [5.41, 5.74) is 1.65. The van der Waals surface area contributed by atoms with Gasteiger partial charge < -0.3 is 19.7 Å². The number of nitrogens with one attached hydrogen (secondary N) is 1. The van der Waals surface area contributed by atoms with E-state index in [-0.39, 0.29) is 23.1 Å². The highest BCUT2D eigenvalue weighted by Gasteiger charge is 2.28. The van der Waals surface area contributed by atoms with Crippen LogP contribution in [0.2, 0.25) is 0 Å². The van der Waals surface area contributed by atoms with Gasteiger partial charge in [0.25, 0.3) is 0 Å².